The summed E-state index contributed by atoms with van der Waals surface area (Å²) in [5.41, 5.74) is 8.02. The Labute approximate surface area is 129 Å². The number of benzene rings is 1. The van der Waals surface area contributed by atoms with E-state index in [1.165, 1.54) is 17.1 Å². The minimum absolute atomic E-state index is 0.0948. The van der Waals surface area contributed by atoms with E-state index in [4.69, 9.17) is 5.73 Å². The molecule has 1 heterocycles. The summed E-state index contributed by atoms with van der Waals surface area (Å²) >= 11 is 3.93. The molecular formula is C15H22N2OS2. The summed E-state index contributed by atoms with van der Waals surface area (Å²) in [6.45, 7) is 4.14. The lowest BCUT2D eigenvalue weighted by Gasteiger charge is -2.15. The number of carbonyl (C=O) groups is 1. The van der Waals surface area contributed by atoms with Crippen LogP contribution in [0.15, 0.2) is 24.3 Å². The third kappa shape index (κ3) is 4.43. The van der Waals surface area contributed by atoms with Crippen LogP contribution in [-0.2, 0) is 4.79 Å². The quantitative estimate of drug-likeness (QED) is 0.874. The van der Waals surface area contributed by atoms with Gasteiger partial charge in [0.05, 0.1) is 10.6 Å². The van der Waals surface area contributed by atoms with Gasteiger partial charge >= 0.3 is 0 Å². The molecule has 20 heavy (non-hydrogen) atoms. The van der Waals surface area contributed by atoms with Gasteiger partial charge in [0.1, 0.15) is 0 Å². The van der Waals surface area contributed by atoms with Gasteiger partial charge in [0.25, 0.3) is 0 Å². The van der Waals surface area contributed by atoms with Crippen molar-refractivity contribution in [1.29, 1.82) is 0 Å². The molecule has 1 amide bonds. The van der Waals surface area contributed by atoms with Crippen LogP contribution in [0.4, 0.5) is 5.69 Å². The molecule has 0 aliphatic carbocycles. The molecule has 1 atom stereocenters. The van der Waals surface area contributed by atoms with Crippen molar-refractivity contribution in [2.75, 3.05) is 16.8 Å². The van der Waals surface area contributed by atoms with Gasteiger partial charge in [0.2, 0.25) is 5.91 Å². The average molecular weight is 310 g/mol. The van der Waals surface area contributed by atoms with Crippen LogP contribution in [0.5, 0.6) is 0 Å². The van der Waals surface area contributed by atoms with Gasteiger partial charge in [-0.1, -0.05) is 26.0 Å². The Balaban J connectivity index is 1.98. The predicted molar refractivity (Wildman–Crippen MR) is 90.2 cm³/mol. The van der Waals surface area contributed by atoms with Gasteiger partial charge in [-0.05, 0) is 30.0 Å². The highest BCUT2D eigenvalue weighted by atomic mass is 32.2. The van der Waals surface area contributed by atoms with E-state index in [1.807, 2.05) is 35.7 Å². The van der Waals surface area contributed by atoms with Crippen LogP contribution in [0.3, 0.4) is 0 Å². The van der Waals surface area contributed by atoms with Gasteiger partial charge in [-0.3, -0.25) is 4.79 Å². The Morgan fingerprint density at radius 2 is 2.10 bits per heavy atom. The first kappa shape index (κ1) is 15.7. The van der Waals surface area contributed by atoms with Crippen LogP contribution in [0, 0.1) is 5.92 Å². The molecule has 0 unspecified atom stereocenters. The summed E-state index contributed by atoms with van der Waals surface area (Å²) in [6, 6.07) is 7.68. The molecule has 0 spiro atoms. The highest BCUT2D eigenvalue weighted by Crippen LogP contribution is 2.45. The molecule has 1 aliphatic heterocycles. The van der Waals surface area contributed by atoms with Crippen molar-refractivity contribution in [3.05, 3.63) is 29.8 Å². The molecule has 0 bridgehead atoms. The number of anilines is 1. The lowest BCUT2D eigenvalue weighted by molar-refractivity contribution is -0.117. The predicted octanol–water partition coefficient (Wildman–Crippen LogP) is 3.48. The Kier molecular flexibility index (Phi) is 5.81. The lowest BCUT2D eigenvalue weighted by Crippen LogP contribution is -2.36. The zero-order chi connectivity index (χ0) is 14.5. The fourth-order valence-corrected chi connectivity index (χ4v) is 5.00. The van der Waals surface area contributed by atoms with Gasteiger partial charge in [-0.15, -0.1) is 23.5 Å². The lowest BCUT2D eigenvalue weighted by atomic mass is 10.0. The van der Waals surface area contributed by atoms with E-state index >= 15 is 0 Å². The molecular weight excluding hydrogens is 288 g/mol. The molecule has 1 aliphatic rings. The van der Waals surface area contributed by atoms with E-state index in [1.54, 1.807) is 0 Å². The Morgan fingerprint density at radius 1 is 1.40 bits per heavy atom. The van der Waals surface area contributed by atoms with Crippen LogP contribution < -0.4 is 11.1 Å². The van der Waals surface area contributed by atoms with Crippen molar-refractivity contribution in [2.24, 2.45) is 11.7 Å². The van der Waals surface area contributed by atoms with Crippen molar-refractivity contribution in [2.45, 2.75) is 30.9 Å². The van der Waals surface area contributed by atoms with Gasteiger partial charge < -0.3 is 11.1 Å². The largest absolute Gasteiger partial charge is 0.325 e. The van der Waals surface area contributed by atoms with E-state index in [0.29, 0.717) is 16.9 Å². The first-order valence-electron chi connectivity index (χ1n) is 6.96. The minimum Gasteiger partial charge on any atom is -0.325 e. The molecule has 3 nitrogen and oxygen atoms in total. The molecule has 3 N–H and O–H groups in total. The van der Waals surface area contributed by atoms with Gasteiger partial charge in [-0.2, -0.15) is 0 Å². The molecule has 2 rings (SSSR count). The molecule has 0 saturated carbocycles. The second-order valence-corrected chi connectivity index (χ2v) is 8.15. The van der Waals surface area contributed by atoms with E-state index in [0.717, 1.165) is 5.69 Å². The topological polar surface area (TPSA) is 55.1 Å². The van der Waals surface area contributed by atoms with Crippen LogP contribution in [-0.4, -0.2) is 23.5 Å². The summed E-state index contributed by atoms with van der Waals surface area (Å²) in [6.07, 6.45) is 0.708. The highest BCUT2D eigenvalue weighted by molar-refractivity contribution is 8.19. The van der Waals surface area contributed by atoms with Crippen molar-refractivity contribution < 1.29 is 4.79 Å². The van der Waals surface area contributed by atoms with Crippen molar-refractivity contribution in [3.8, 4) is 0 Å². The SMILES string of the molecule is CC(C)C[C@H](N)C(=O)Nc1cccc(C2SCCS2)c1. The molecule has 0 radical (unpaired) electrons. The van der Waals surface area contributed by atoms with Crippen LogP contribution in [0.1, 0.15) is 30.4 Å². The van der Waals surface area contributed by atoms with Crippen LogP contribution >= 0.6 is 23.5 Å². The molecule has 1 aromatic rings. The number of amides is 1. The maximum absolute atomic E-state index is 12.0. The first-order valence-corrected chi connectivity index (χ1v) is 9.05. The summed E-state index contributed by atoms with van der Waals surface area (Å²) < 4.78 is 0.496. The van der Waals surface area contributed by atoms with E-state index in [2.05, 4.69) is 31.3 Å². The van der Waals surface area contributed by atoms with E-state index < -0.39 is 6.04 Å². The zero-order valence-electron chi connectivity index (χ0n) is 12.0. The Morgan fingerprint density at radius 3 is 2.75 bits per heavy atom. The highest BCUT2D eigenvalue weighted by Gasteiger charge is 2.19. The standard InChI is InChI=1S/C15H22N2OS2/c1-10(2)8-13(16)14(18)17-12-5-3-4-11(9-12)15-19-6-7-20-15/h3-5,9-10,13,15H,6-8,16H2,1-2H3,(H,17,18)/t13-/m0/s1. The first-order chi connectivity index (χ1) is 9.56. The van der Waals surface area contributed by atoms with Crippen molar-refractivity contribution in [3.63, 3.8) is 0 Å². The second kappa shape index (κ2) is 7.38. The minimum atomic E-state index is -0.436. The van der Waals surface area contributed by atoms with Gasteiger partial charge in [0.15, 0.2) is 0 Å². The Bertz CT molecular complexity index is 459. The third-order valence-electron chi connectivity index (χ3n) is 3.11. The fraction of sp³-hybridized carbons (Fsp3) is 0.533. The number of nitrogens with two attached hydrogens (primary N) is 1. The summed E-state index contributed by atoms with van der Waals surface area (Å²) in [5, 5.41) is 2.93. The normalized spacial score (nSPS) is 17.4. The number of hydrogen-bond donors (Lipinski definition) is 2. The molecule has 5 heteroatoms. The molecule has 1 aromatic carbocycles. The summed E-state index contributed by atoms with van der Waals surface area (Å²) in [7, 11) is 0. The van der Waals surface area contributed by atoms with Gasteiger partial charge in [0, 0.05) is 17.2 Å². The smallest absolute Gasteiger partial charge is 0.241 e. The number of rotatable bonds is 5. The van der Waals surface area contributed by atoms with Gasteiger partial charge in [-0.25, -0.2) is 0 Å². The number of nitrogens with one attached hydrogen (secondary N) is 1. The summed E-state index contributed by atoms with van der Waals surface area (Å²) in [4.78, 5) is 12.0. The molecule has 1 fully saturated rings. The maximum Gasteiger partial charge on any atom is 0.241 e. The monoisotopic (exact) mass is 310 g/mol. The molecule has 0 aromatic heterocycles. The van der Waals surface area contributed by atoms with E-state index in [9.17, 15) is 4.79 Å². The second-order valence-electron chi connectivity index (χ2n) is 5.42. The number of hydrogen-bond acceptors (Lipinski definition) is 4. The average Bonchev–Trinajstić information content (AvgIpc) is 2.92. The number of thioether (sulfide) groups is 2. The van der Waals surface area contributed by atoms with Crippen molar-refractivity contribution >= 4 is 35.1 Å². The Hall–Kier alpha value is -0.650. The third-order valence-corrected chi connectivity index (χ3v) is 6.21. The summed E-state index contributed by atoms with van der Waals surface area (Å²) in [5.74, 6) is 2.73. The number of carbonyl (C=O) groups excluding carboxylic acids is 1. The molecule has 1 saturated heterocycles. The molecule has 110 valence electrons. The maximum atomic E-state index is 12.0. The van der Waals surface area contributed by atoms with E-state index in [-0.39, 0.29) is 5.91 Å². The fourth-order valence-electron chi connectivity index (χ4n) is 2.16. The van der Waals surface area contributed by atoms with Crippen LogP contribution in [0.25, 0.3) is 0 Å². The zero-order valence-corrected chi connectivity index (χ0v) is 13.6. The van der Waals surface area contributed by atoms with Crippen molar-refractivity contribution in [1.82, 2.24) is 0 Å². The van der Waals surface area contributed by atoms with Crippen LogP contribution in [0.2, 0.25) is 0 Å².